The summed E-state index contributed by atoms with van der Waals surface area (Å²) in [7, 11) is 0. The van der Waals surface area contributed by atoms with Crippen LogP contribution < -0.4 is 10.2 Å². The van der Waals surface area contributed by atoms with Gasteiger partial charge >= 0.3 is 0 Å². The highest BCUT2D eigenvalue weighted by Crippen LogP contribution is 2.38. The molecular weight excluding hydrogens is 458 g/mol. The Morgan fingerprint density at radius 3 is 2.58 bits per heavy atom. The van der Waals surface area contributed by atoms with Gasteiger partial charge in [0.15, 0.2) is 0 Å². The molecule has 0 radical (unpaired) electrons. The van der Waals surface area contributed by atoms with Gasteiger partial charge in [0.2, 0.25) is 0 Å². The van der Waals surface area contributed by atoms with Crippen LogP contribution in [0.2, 0.25) is 9.36 Å². The normalized spacial score (nSPS) is 13.5. The van der Waals surface area contributed by atoms with Crippen molar-refractivity contribution in [1.82, 2.24) is 0 Å². The van der Waals surface area contributed by atoms with E-state index in [0.717, 1.165) is 29.8 Å². The van der Waals surface area contributed by atoms with Gasteiger partial charge in [0.05, 0.1) is 20.6 Å². The summed E-state index contributed by atoms with van der Waals surface area (Å²) in [6.07, 6.45) is 2.79. The summed E-state index contributed by atoms with van der Waals surface area (Å²) in [6.45, 7) is 2.26. The number of halogens is 3. The molecule has 1 N–H and O–H groups in total. The number of nitrogens with zero attached hydrogens (tertiary/aromatic N) is 1. The number of carbonyl (C=O) groups excluding carboxylic acids is 2. The number of hydrogen-bond donors (Lipinski definition) is 1. The topological polar surface area (TPSA) is 49.4 Å². The first kappa shape index (κ1) is 21.8. The Morgan fingerprint density at radius 1 is 1.06 bits per heavy atom. The van der Waals surface area contributed by atoms with Crippen LogP contribution in [0.25, 0.3) is 0 Å². The predicted molar refractivity (Wildman–Crippen MR) is 124 cm³/mol. The number of carbonyl (C=O) groups is 2. The van der Waals surface area contributed by atoms with Crippen LogP contribution in [0.5, 0.6) is 0 Å². The number of rotatable bonds is 3. The number of nitrogens with one attached hydrogen (secondary N) is 1. The van der Waals surface area contributed by atoms with Crippen LogP contribution in [-0.2, 0) is 6.42 Å². The summed E-state index contributed by atoms with van der Waals surface area (Å²) in [4.78, 5) is 28.6. The molecule has 2 amide bonds. The van der Waals surface area contributed by atoms with Gasteiger partial charge in [0, 0.05) is 22.7 Å². The van der Waals surface area contributed by atoms with Gasteiger partial charge in [-0.1, -0.05) is 23.2 Å². The van der Waals surface area contributed by atoms with E-state index >= 15 is 0 Å². The van der Waals surface area contributed by atoms with E-state index in [-0.39, 0.29) is 16.8 Å². The Labute approximate surface area is 193 Å². The van der Waals surface area contributed by atoms with Crippen LogP contribution in [0.15, 0.2) is 42.5 Å². The molecule has 0 spiro atoms. The zero-order valence-corrected chi connectivity index (χ0v) is 19.0. The maximum atomic E-state index is 13.3. The molecule has 8 heteroatoms. The van der Waals surface area contributed by atoms with Crippen LogP contribution in [-0.4, -0.2) is 18.4 Å². The second kappa shape index (κ2) is 8.99. The molecular formula is C23H19Cl2FN2O2S. The molecule has 160 valence electrons. The molecule has 0 unspecified atom stereocenters. The van der Waals surface area contributed by atoms with Crippen LogP contribution in [0.4, 0.5) is 15.8 Å². The molecule has 2 heterocycles. The van der Waals surface area contributed by atoms with Gasteiger partial charge in [-0.2, -0.15) is 0 Å². The largest absolute Gasteiger partial charge is 0.322 e. The number of thiophene rings is 1. The average Bonchev–Trinajstić information content (AvgIpc) is 2.96. The molecule has 0 saturated heterocycles. The molecule has 0 aliphatic carbocycles. The van der Waals surface area contributed by atoms with E-state index < -0.39 is 5.82 Å². The summed E-state index contributed by atoms with van der Waals surface area (Å²) >= 11 is 14.1. The quantitative estimate of drug-likeness (QED) is 0.454. The smallest absolute Gasteiger partial charge is 0.259 e. The van der Waals surface area contributed by atoms with Gasteiger partial charge in [-0.3, -0.25) is 9.59 Å². The summed E-state index contributed by atoms with van der Waals surface area (Å²) in [5.41, 5.74) is 2.54. The lowest BCUT2D eigenvalue weighted by Gasteiger charge is -2.22. The van der Waals surface area contributed by atoms with Gasteiger partial charge < -0.3 is 10.2 Å². The maximum absolute atomic E-state index is 13.3. The van der Waals surface area contributed by atoms with Crippen molar-refractivity contribution in [2.45, 2.75) is 26.2 Å². The van der Waals surface area contributed by atoms with E-state index in [4.69, 9.17) is 23.2 Å². The van der Waals surface area contributed by atoms with E-state index in [1.807, 2.05) is 6.07 Å². The Kier molecular flexibility index (Phi) is 6.32. The molecule has 1 aliphatic heterocycles. The molecule has 4 rings (SSSR count). The number of aryl methyl sites for hydroxylation is 2. The molecule has 31 heavy (non-hydrogen) atoms. The Bertz CT molecular complexity index is 1180. The number of amides is 2. The predicted octanol–water partition coefficient (Wildman–Crippen LogP) is 6.74. The van der Waals surface area contributed by atoms with E-state index in [1.165, 1.54) is 29.5 Å². The van der Waals surface area contributed by atoms with Crippen molar-refractivity contribution < 1.29 is 14.0 Å². The van der Waals surface area contributed by atoms with E-state index in [9.17, 15) is 14.0 Å². The van der Waals surface area contributed by atoms with Crippen molar-refractivity contribution in [2.24, 2.45) is 0 Å². The fourth-order valence-electron chi connectivity index (χ4n) is 3.67. The number of benzene rings is 2. The molecule has 0 atom stereocenters. The fraction of sp³-hybridized carbons (Fsp3) is 0.217. The zero-order chi connectivity index (χ0) is 22.1. The van der Waals surface area contributed by atoms with Gasteiger partial charge in [-0.25, -0.2) is 4.39 Å². The second-order valence-electron chi connectivity index (χ2n) is 7.38. The molecule has 0 saturated carbocycles. The minimum absolute atomic E-state index is 0.199. The highest BCUT2D eigenvalue weighted by molar-refractivity contribution is 7.16. The second-order valence-corrected chi connectivity index (χ2v) is 9.56. The maximum Gasteiger partial charge on any atom is 0.259 e. The zero-order valence-electron chi connectivity index (χ0n) is 16.7. The first-order valence-corrected chi connectivity index (χ1v) is 11.4. The monoisotopic (exact) mass is 476 g/mol. The van der Waals surface area contributed by atoms with Crippen molar-refractivity contribution in [1.29, 1.82) is 0 Å². The summed E-state index contributed by atoms with van der Waals surface area (Å²) in [6, 6.07) is 10.6. The van der Waals surface area contributed by atoms with Crippen molar-refractivity contribution in [3.05, 3.63) is 79.2 Å². The molecule has 3 aromatic rings. The molecule has 0 bridgehead atoms. The van der Waals surface area contributed by atoms with Crippen LogP contribution in [0, 0.1) is 12.7 Å². The van der Waals surface area contributed by atoms with Crippen molar-refractivity contribution in [3.63, 3.8) is 0 Å². The molecule has 2 aromatic carbocycles. The Morgan fingerprint density at radius 2 is 1.84 bits per heavy atom. The molecule has 1 aliphatic rings. The third-order valence-electron chi connectivity index (χ3n) is 5.22. The standard InChI is InChI=1S/C23H19Cl2FN2O2S/c1-13-10-14(26)5-7-16(13)22(29)27-15-6-8-17(18(24)11-15)23(30)28-9-3-2-4-20-19(28)12-21(25)31-20/h5-8,10-12H,2-4,9H2,1H3,(H,27,29). The minimum atomic E-state index is -0.400. The van der Waals surface area contributed by atoms with Gasteiger partial charge in [-0.05, 0) is 74.2 Å². The molecule has 0 fully saturated rings. The Hall–Kier alpha value is -2.41. The Balaban J connectivity index is 1.56. The van der Waals surface area contributed by atoms with Crippen LogP contribution in [0.3, 0.4) is 0 Å². The number of anilines is 2. The lowest BCUT2D eigenvalue weighted by Crippen LogP contribution is -2.31. The van der Waals surface area contributed by atoms with Gasteiger partial charge in [0.1, 0.15) is 5.82 Å². The van der Waals surface area contributed by atoms with E-state index in [0.29, 0.717) is 33.3 Å². The first-order chi connectivity index (χ1) is 14.8. The summed E-state index contributed by atoms with van der Waals surface area (Å²) in [5.74, 6) is -0.976. The van der Waals surface area contributed by atoms with Crippen LogP contribution >= 0.6 is 34.5 Å². The minimum Gasteiger partial charge on any atom is -0.322 e. The van der Waals surface area contributed by atoms with Gasteiger partial charge in [0.25, 0.3) is 11.8 Å². The average molecular weight is 477 g/mol. The van der Waals surface area contributed by atoms with Crippen LogP contribution in [0.1, 0.15) is 44.0 Å². The lowest BCUT2D eigenvalue weighted by molar-refractivity contribution is 0.0986. The summed E-state index contributed by atoms with van der Waals surface area (Å²) in [5, 5.41) is 2.99. The highest BCUT2D eigenvalue weighted by atomic mass is 35.5. The van der Waals surface area contributed by atoms with Crippen molar-refractivity contribution in [3.8, 4) is 0 Å². The number of hydrogen-bond acceptors (Lipinski definition) is 3. The molecule has 4 nitrogen and oxygen atoms in total. The third kappa shape index (κ3) is 4.61. The van der Waals surface area contributed by atoms with Crippen molar-refractivity contribution in [2.75, 3.05) is 16.8 Å². The lowest BCUT2D eigenvalue weighted by atomic mass is 10.1. The van der Waals surface area contributed by atoms with Gasteiger partial charge in [-0.15, -0.1) is 11.3 Å². The SMILES string of the molecule is Cc1cc(F)ccc1C(=O)Nc1ccc(C(=O)N2CCCCc3sc(Cl)cc32)c(Cl)c1. The van der Waals surface area contributed by atoms with E-state index in [2.05, 4.69) is 5.32 Å². The fourth-order valence-corrected chi connectivity index (χ4v) is 5.24. The molecule has 1 aromatic heterocycles. The van der Waals surface area contributed by atoms with Crippen molar-refractivity contribution >= 4 is 57.7 Å². The third-order valence-corrected chi connectivity index (χ3v) is 6.84. The van der Waals surface area contributed by atoms with E-state index in [1.54, 1.807) is 30.0 Å². The summed E-state index contributed by atoms with van der Waals surface area (Å²) < 4.78 is 13.9. The highest BCUT2D eigenvalue weighted by Gasteiger charge is 2.26. The first-order valence-electron chi connectivity index (χ1n) is 9.80. The number of fused-ring (bicyclic) bond motifs is 1.